The topological polar surface area (TPSA) is 41.6 Å². The standard InChI is InChI=1S/C20H28N2O2/c23-19(24-18-15-22-13-9-16(18)10-14-22)21-20(11-5-2-6-12-20)17-7-3-1-4-8-17/h1,3-4,7-8,16,18H,2,5-6,9-15H2,(H,21,23). The Bertz CT molecular complexity index is 560. The molecule has 24 heavy (non-hydrogen) atoms. The highest BCUT2D eigenvalue weighted by atomic mass is 16.6. The first-order valence-electron chi connectivity index (χ1n) is 9.52. The monoisotopic (exact) mass is 328 g/mol. The van der Waals surface area contributed by atoms with Crippen molar-refractivity contribution in [3.05, 3.63) is 35.9 Å². The number of ether oxygens (including phenoxy) is 1. The summed E-state index contributed by atoms with van der Waals surface area (Å²) in [7, 11) is 0. The highest BCUT2D eigenvalue weighted by molar-refractivity contribution is 5.69. The molecule has 1 aliphatic carbocycles. The molecule has 1 atom stereocenters. The van der Waals surface area contributed by atoms with Crippen LogP contribution in [-0.4, -0.2) is 36.7 Å². The summed E-state index contributed by atoms with van der Waals surface area (Å²) in [4.78, 5) is 15.1. The summed E-state index contributed by atoms with van der Waals surface area (Å²) in [6.07, 6.45) is 7.78. The lowest BCUT2D eigenvalue weighted by atomic mass is 9.76. The first-order chi connectivity index (χ1) is 11.8. The molecule has 5 rings (SSSR count). The van der Waals surface area contributed by atoms with Gasteiger partial charge in [0.25, 0.3) is 0 Å². The van der Waals surface area contributed by atoms with Gasteiger partial charge in [-0.25, -0.2) is 4.79 Å². The molecule has 0 aromatic heterocycles. The van der Waals surface area contributed by atoms with E-state index in [1.54, 1.807) is 0 Å². The molecule has 1 saturated carbocycles. The lowest BCUT2D eigenvalue weighted by Gasteiger charge is -2.44. The van der Waals surface area contributed by atoms with E-state index in [-0.39, 0.29) is 17.7 Å². The van der Waals surface area contributed by atoms with Crippen LogP contribution in [0.15, 0.2) is 30.3 Å². The van der Waals surface area contributed by atoms with Crippen molar-refractivity contribution < 1.29 is 9.53 Å². The number of alkyl carbamates (subject to hydrolysis) is 1. The number of piperidine rings is 3. The van der Waals surface area contributed by atoms with Gasteiger partial charge in [0.05, 0.1) is 5.54 Å². The molecule has 4 fully saturated rings. The SMILES string of the molecule is O=C(NC1(c2ccccc2)CCCCC1)OC1CN2CCC1CC2. The quantitative estimate of drug-likeness (QED) is 0.920. The van der Waals surface area contributed by atoms with E-state index < -0.39 is 0 Å². The van der Waals surface area contributed by atoms with Crippen molar-refractivity contribution in [1.82, 2.24) is 10.2 Å². The van der Waals surface area contributed by atoms with Crippen molar-refractivity contribution in [1.29, 1.82) is 0 Å². The van der Waals surface area contributed by atoms with Crippen molar-refractivity contribution in [2.45, 2.75) is 56.6 Å². The molecule has 2 bridgehead atoms. The normalized spacial score (nSPS) is 31.4. The molecule has 4 aliphatic rings. The molecule has 4 heteroatoms. The largest absolute Gasteiger partial charge is 0.445 e. The van der Waals surface area contributed by atoms with Crippen LogP contribution in [0.5, 0.6) is 0 Å². The third kappa shape index (κ3) is 3.16. The van der Waals surface area contributed by atoms with Crippen LogP contribution < -0.4 is 5.32 Å². The molecule has 1 aromatic carbocycles. The van der Waals surface area contributed by atoms with Crippen LogP contribution in [0.1, 0.15) is 50.5 Å². The van der Waals surface area contributed by atoms with Gasteiger partial charge in [-0.3, -0.25) is 4.90 Å². The maximum Gasteiger partial charge on any atom is 0.408 e. The first-order valence-corrected chi connectivity index (χ1v) is 9.52. The summed E-state index contributed by atoms with van der Waals surface area (Å²) in [5.41, 5.74) is 0.973. The molecule has 0 radical (unpaired) electrons. The fourth-order valence-corrected chi connectivity index (χ4v) is 4.81. The predicted octanol–water partition coefficient (Wildman–Crippen LogP) is 3.67. The molecule has 3 heterocycles. The van der Waals surface area contributed by atoms with Gasteiger partial charge in [-0.1, -0.05) is 49.6 Å². The Balaban J connectivity index is 1.45. The molecule has 130 valence electrons. The minimum absolute atomic E-state index is 0.0731. The number of hydrogen-bond acceptors (Lipinski definition) is 3. The van der Waals surface area contributed by atoms with Gasteiger partial charge in [0.2, 0.25) is 0 Å². The van der Waals surface area contributed by atoms with Crippen molar-refractivity contribution >= 4 is 6.09 Å². The number of amides is 1. The molecular weight excluding hydrogens is 300 g/mol. The van der Waals surface area contributed by atoms with Gasteiger partial charge in [0.15, 0.2) is 0 Å². The van der Waals surface area contributed by atoms with E-state index in [0.29, 0.717) is 5.92 Å². The van der Waals surface area contributed by atoms with Crippen LogP contribution >= 0.6 is 0 Å². The number of carbonyl (C=O) groups is 1. The van der Waals surface area contributed by atoms with E-state index in [9.17, 15) is 4.79 Å². The second-order valence-electron chi connectivity index (χ2n) is 7.72. The zero-order chi connectivity index (χ0) is 16.4. The Labute approximate surface area is 144 Å². The summed E-state index contributed by atoms with van der Waals surface area (Å²) in [6, 6.07) is 10.4. The maximum atomic E-state index is 12.7. The Morgan fingerprint density at radius 3 is 2.42 bits per heavy atom. The molecule has 3 aliphatic heterocycles. The van der Waals surface area contributed by atoms with E-state index in [0.717, 1.165) is 32.2 Å². The molecule has 3 saturated heterocycles. The predicted molar refractivity (Wildman–Crippen MR) is 93.8 cm³/mol. The molecule has 1 N–H and O–H groups in total. The van der Waals surface area contributed by atoms with Crippen LogP contribution in [0.25, 0.3) is 0 Å². The third-order valence-electron chi connectivity index (χ3n) is 6.23. The molecule has 1 amide bonds. The van der Waals surface area contributed by atoms with Crippen molar-refractivity contribution in [3.8, 4) is 0 Å². The average Bonchev–Trinajstić information content (AvgIpc) is 2.64. The smallest absolute Gasteiger partial charge is 0.408 e. The van der Waals surface area contributed by atoms with Gasteiger partial charge in [-0.2, -0.15) is 0 Å². The highest BCUT2D eigenvalue weighted by Crippen LogP contribution is 2.37. The van der Waals surface area contributed by atoms with E-state index in [1.807, 2.05) is 6.07 Å². The second kappa shape index (κ2) is 6.75. The van der Waals surface area contributed by atoms with Gasteiger partial charge in [0, 0.05) is 6.54 Å². The van der Waals surface area contributed by atoms with Crippen molar-refractivity contribution in [3.63, 3.8) is 0 Å². The highest BCUT2D eigenvalue weighted by Gasteiger charge is 2.39. The Kier molecular flexibility index (Phi) is 4.49. The number of nitrogens with one attached hydrogen (secondary N) is 1. The minimum atomic E-state index is -0.245. The molecular formula is C20H28N2O2. The Morgan fingerprint density at radius 2 is 1.79 bits per heavy atom. The number of hydrogen-bond donors (Lipinski definition) is 1. The summed E-state index contributed by atoms with van der Waals surface area (Å²) in [5, 5.41) is 3.28. The zero-order valence-corrected chi connectivity index (χ0v) is 14.4. The van der Waals surface area contributed by atoms with Gasteiger partial charge < -0.3 is 10.1 Å². The number of benzene rings is 1. The van der Waals surface area contributed by atoms with Gasteiger partial charge >= 0.3 is 6.09 Å². The molecule has 1 aromatic rings. The maximum absolute atomic E-state index is 12.7. The van der Waals surface area contributed by atoms with Gasteiger partial charge in [-0.15, -0.1) is 0 Å². The first kappa shape index (κ1) is 15.9. The van der Waals surface area contributed by atoms with Crippen LogP contribution in [0.4, 0.5) is 4.79 Å². The van der Waals surface area contributed by atoms with E-state index in [2.05, 4.69) is 34.5 Å². The summed E-state index contributed by atoms with van der Waals surface area (Å²) >= 11 is 0. The molecule has 1 unspecified atom stereocenters. The fourth-order valence-electron chi connectivity index (χ4n) is 4.81. The minimum Gasteiger partial charge on any atom is -0.445 e. The fraction of sp³-hybridized carbons (Fsp3) is 0.650. The van der Waals surface area contributed by atoms with Crippen molar-refractivity contribution in [2.75, 3.05) is 19.6 Å². The summed E-state index contributed by atoms with van der Waals surface area (Å²) in [6.45, 7) is 3.25. The van der Waals surface area contributed by atoms with E-state index in [1.165, 1.54) is 37.9 Å². The number of fused-ring (bicyclic) bond motifs is 3. The zero-order valence-electron chi connectivity index (χ0n) is 14.4. The van der Waals surface area contributed by atoms with Gasteiger partial charge in [-0.05, 0) is 50.3 Å². The number of nitrogens with zero attached hydrogens (tertiary/aromatic N) is 1. The summed E-state index contributed by atoms with van der Waals surface area (Å²) < 4.78 is 5.88. The van der Waals surface area contributed by atoms with E-state index in [4.69, 9.17) is 4.74 Å². The van der Waals surface area contributed by atoms with Crippen LogP contribution in [0.3, 0.4) is 0 Å². The number of carbonyl (C=O) groups excluding carboxylic acids is 1. The lowest BCUT2D eigenvalue weighted by Crippen LogP contribution is -2.54. The van der Waals surface area contributed by atoms with E-state index >= 15 is 0 Å². The number of rotatable bonds is 3. The third-order valence-corrected chi connectivity index (χ3v) is 6.23. The van der Waals surface area contributed by atoms with Crippen LogP contribution in [0, 0.1) is 5.92 Å². The van der Waals surface area contributed by atoms with Crippen LogP contribution in [0.2, 0.25) is 0 Å². The van der Waals surface area contributed by atoms with Crippen molar-refractivity contribution in [2.24, 2.45) is 5.92 Å². The molecule has 4 nitrogen and oxygen atoms in total. The lowest BCUT2D eigenvalue weighted by molar-refractivity contribution is -0.0362. The summed E-state index contributed by atoms with van der Waals surface area (Å²) in [5.74, 6) is 0.555. The Morgan fingerprint density at radius 1 is 1.08 bits per heavy atom. The van der Waals surface area contributed by atoms with Crippen LogP contribution in [-0.2, 0) is 10.3 Å². The Hall–Kier alpha value is -1.55. The second-order valence-corrected chi connectivity index (χ2v) is 7.72. The van der Waals surface area contributed by atoms with Gasteiger partial charge in [0.1, 0.15) is 6.10 Å². The molecule has 0 spiro atoms. The average molecular weight is 328 g/mol.